The van der Waals surface area contributed by atoms with Crippen molar-refractivity contribution in [2.75, 3.05) is 12.9 Å². The summed E-state index contributed by atoms with van der Waals surface area (Å²) < 4.78 is 5.28. The molecule has 0 N–H and O–H groups in total. The lowest BCUT2D eigenvalue weighted by Crippen LogP contribution is -2.22. The number of thioether (sulfide) groups is 1. The summed E-state index contributed by atoms with van der Waals surface area (Å²) >= 11 is 1.55. The van der Waals surface area contributed by atoms with Crippen LogP contribution in [0.5, 0.6) is 5.75 Å². The topological polar surface area (TPSA) is 62.2 Å². The third kappa shape index (κ3) is 3.47. The van der Waals surface area contributed by atoms with Crippen molar-refractivity contribution >= 4 is 28.6 Å². The summed E-state index contributed by atoms with van der Waals surface area (Å²) in [6, 6.07) is 5.78. The van der Waals surface area contributed by atoms with Gasteiger partial charge >= 0.3 is 0 Å². The average molecular weight is 304 g/mol. The Bertz CT molecular complexity index is 670. The van der Waals surface area contributed by atoms with Gasteiger partial charge in [-0.1, -0.05) is 6.92 Å². The van der Waals surface area contributed by atoms with Gasteiger partial charge in [-0.05, 0) is 43.5 Å². The predicted octanol–water partition coefficient (Wildman–Crippen LogP) is 2.35. The Hall–Kier alpha value is -1.75. The van der Waals surface area contributed by atoms with Gasteiger partial charge in [0.2, 0.25) is 0 Å². The van der Waals surface area contributed by atoms with Crippen LogP contribution in [-0.4, -0.2) is 23.8 Å². The fourth-order valence-corrected chi connectivity index (χ4v) is 3.57. The van der Waals surface area contributed by atoms with Gasteiger partial charge in [0.25, 0.3) is 0 Å². The normalized spacial score (nSPS) is 10.8. The van der Waals surface area contributed by atoms with E-state index < -0.39 is 5.97 Å². The Morgan fingerprint density at radius 3 is 2.81 bits per heavy atom. The maximum atomic E-state index is 10.6. The number of aryl methyl sites for hydroxylation is 1. The van der Waals surface area contributed by atoms with E-state index in [0.717, 1.165) is 33.7 Å². The van der Waals surface area contributed by atoms with Gasteiger partial charge in [-0.2, -0.15) is 0 Å². The standard InChI is InChI=1S/C16H19NO3S/c1-4-12-10(2)17-14-6-5-11(20-3)9-13(14)16(12)21-8-7-15(18)19/h5-6,9H,4,7-8H2,1-3H3,(H,18,19)/p-1. The molecule has 0 aliphatic heterocycles. The number of carbonyl (C=O) groups is 1. The second-order valence-corrected chi connectivity index (χ2v) is 5.82. The van der Waals surface area contributed by atoms with E-state index in [1.54, 1.807) is 18.9 Å². The van der Waals surface area contributed by atoms with Crippen LogP contribution in [0.15, 0.2) is 23.1 Å². The zero-order valence-electron chi connectivity index (χ0n) is 12.4. The minimum atomic E-state index is -1.02. The number of benzene rings is 1. The summed E-state index contributed by atoms with van der Waals surface area (Å²) in [5.41, 5.74) is 3.06. The number of hydrogen-bond donors (Lipinski definition) is 0. The molecule has 2 aromatic rings. The van der Waals surface area contributed by atoms with Crippen LogP contribution >= 0.6 is 11.8 Å². The van der Waals surface area contributed by atoms with E-state index in [1.807, 2.05) is 25.1 Å². The predicted molar refractivity (Wildman–Crippen MR) is 82.8 cm³/mol. The molecule has 0 saturated carbocycles. The van der Waals surface area contributed by atoms with E-state index in [1.165, 1.54) is 5.56 Å². The lowest BCUT2D eigenvalue weighted by atomic mass is 10.1. The van der Waals surface area contributed by atoms with Crippen molar-refractivity contribution in [2.45, 2.75) is 31.6 Å². The second-order valence-electron chi connectivity index (χ2n) is 4.71. The lowest BCUT2D eigenvalue weighted by Gasteiger charge is -2.15. The average Bonchev–Trinajstić information content (AvgIpc) is 2.46. The van der Waals surface area contributed by atoms with E-state index >= 15 is 0 Å². The van der Waals surface area contributed by atoms with Crippen molar-refractivity contribution in [3.05, 3.63) is 29.5 Å². The first kappa shape index (κ1) is 15.6. The van der Waals surface area contributed by atoms with Crippen LogP contribution in [-0.2, 0) is 11.2 Å². The SMILES string of the molecule is CCc1c(C)nc2ccc(OC)cc2c1SCCC(=O)[O-]. The number of carboxylic acid groups (broad SMARTS) is 1. The summed E-state index contributed by atoms with van der Waals surface area (Å²) in [7, 11) is 1.63. The molecule has 1 aromatic carbocycles. The number of pyridine rings is 1. The molecule has 1 heterocycles. The molecule has 0 unspecified atom stereocenters. The van der Waals surface area contributed by atoms with Gasteiger partial charge in [0.05, 0.1) is 12.6 Å². The first-order valence-corrected chi connectivity index (χ1v) is 7.85. The minimum absolute atomic E-state index is 0.0423. The molecule has 1 aromatic heterocycles. The number of fused-ring (bicyclic) bond motifs is 1. The fraction of sp³-hybridized carbons (Fsp3) is 0.375. The van der Waals surface area contributed by atoms with Crippen molar-refractivity contribution in [1.82, 2.24) is 4.98 Å². The van der Waals surface area contributed by atoms with Crippen molar-refractivity contribution in [2.24, 2.45) is 0 Å². The summed E-state index contributed by atoms with van der Waals surface area (Å²) in [6.07, 6.45) is 0.903. The van der Waals surface area contributed by atoms with E-state index in [4.69, 9.17) is 4.74 Å². The molecule has 0 saturated heterocycles. The van der Waals surface area contributed by atoms with Crippen molar-refractivity contribution in [1.29, 1.82) is 0 Å². The highest BCUT2D eigenvalue weighted by Crippen LogP contribution is 2.34. The van der Waals surface area contributed by atoms with Crippen LogP contribution in [0.4, 0.5) is 0 Å². The molecule has 2 rings (SSSR count). The molecule has 0 spiro atoms. The number of aliphatic carboxylic acids is 1. The summed E-state index contributed by atoms with van der Waals surface area (Å²) in [4.78, 5) is 16.3. The molecule has 0 fully saturated rings. The van der Waals surface area contributed by atoms with Crippen LogP contribution in [0.2, 0.25) is 0 Å². The van der Waals surface area contributed by atoms with Crippen LogP contribution in [0.25, 0.3) is 10.9 Å². The van der Waals surface area contributed by atoms with Gasteiger partial charge in [0.1, 0.15) is 5.75 Å². The zero-order valence-corrected chi connectivity index (χ0v) is 13.3. The maximum absolute atomic E-state index is 10.6. The number of aromatic nitrogens is 1. The van der Waals surface area contributed by atoms with E-state index in [-0.39, 0.29) is 6.42 Å². The monoisotopic (exact) mass is 304 g/mol. The summed E-state index contributed by atoms with van der Waals surface area (Å²) in [5.74, 6) is 0.246. The number of carboxylic acids is 1. The largest absolute Gasteiger partial charge is 0.550 e. The quantitative estimate of drug-likeness (QED) is 0.767. The van der Waals surface area contributed by atoms with Gasteiger partial charge < -0.3 is 14.6 Å². The highest BCUT2D eigenvalue weighted by atomic mass is 32.2. The van der Waals surface area contributed by atoms with Gasteiger partial charge in [0.15, 0.2) is 0 Å². The van der Waals surface area contributed by atoms with Gasteiger partial charge in [-0.25, -0.2) is 0 Å². The van der Waals surface area contributed by atoms with Crippen LogP contribution in [0.3, 0.4) is 0 Å². The van der Waals surface area contributed by atoms with Crippen molar-refractivity contribution in [3.63, 3.8) is 0 Å². The number of nitrogens with zero attached hydrogens (tertiary/aromatic N) is 1. The number of rotatable bonds is 6. The van der Waals surface area contributed by atoms with Crippen molar-refractivity contribution < 1.29 is 14.6 Å². The lowest BCUT2D eigenvalue weighted by molar-refractivity contribution is -0.305. The minimum Gasteiger partial charge on any atom is -0.550 e. The molecule has 112 valence electrons. The molecule has 5 heteroatoms. The molecule has 0 radical (unpaired) electrons. The van der Waals surface area contributed by atoms with Crippen LogP contribution in [0, 0.1) is 6.92 Å². The van der Waals surface area contributed by atoms with Crippen LogP contribution in [0.1, 0.15) is 24.6 Å². The van der Waals surface area contributed by atoms with E-state index in [0.29, 0.717) is 5.75 Å². The molecular formula is C16H18NO3S-. The molecular weight excluding hydrogens is 286 g/mol. The second kappa shape index (κ2) is 6.80. The first-order chi connectivity index (χ1) is 10.1. The Morgan fingerprint density at radius 2 is 2.19 bits per heavy atom. The molecule has 0 bridgehead atoms. The third-order valence-corrected chi connectivity index (χ3v) is 4.52. The highest BCUT2D eigenvalue weighted by Gasteiger charge is 2.12. The number of hydrogen-bond acceptors (Lipinski definition) is 5. The van der Waals surface area contributed by atoms with Crippen molar-refractivity contribution in [3.8, 4) is 5.75 Å². The Morgan fingerprint density at radius 1 is 1.43 bits per heavy atom. The van der Waals surface area contributed by atoms with E-state index in [9.17, 15) is 9.90 Å². The zero-order chi connectivity index (χ0) is 15.4. The van der Waals surface area contributed by atoms with Gasteiger partial charge in [-0.3, -0.25) is 4.98 Å². The summed E-state index contributed by atoms with van der Waals surface area (Å²) in [5, 5.41) is 11.6. The Kier molecular flexibility index (Phi) is 5.07. The first-order valence-electron chi connectivity index (χ1n) is 6.86. The molecule has 4 nitrogen and oxygen atoms in total. The van der Waals surface area contributed by atoms with E-state index in [2.05, 4.69) is 11.9 Å². The third-order valence-electron chi connectivity index (χ3n) is 3.35. The Balaban J connectivity index is 2.52. The molecule has 0 aliphatic carbocycles. The number of carbonyl (C=O) groups excluding carboxylic acids is 1. The number of methoxy groups -OCH3 is 1. The fourth-order valence-electron chi connectivity index (χ4n) is 2.31. The highest BCUT2D eigenvalue weighted by molar-refractivity contribution is 7.99. The molecule has 0 amide bonds. The molecule has 0 atom stereocenters. The summed E-state index contributed by atoms with van der Waals surface area (Å²) in [6.45, 7) is 4.07. The molecule has 21 heavy (non-hydrogen) atoms. The Labute approximate surface area is 128 Å². The van der Waals surface area contributed by atoms with Gasteiger partial charge in [0, 0.05) is 27.7 Å². The molecule has 0 aliphatic rings. The number of ether oxygens (including phenoxy) is 1. The van der Waals surface area contributed by atoms with Crippen LogP contribution < -0.4 is 9.84 Å². The smallest absolute Gasteiger partial charge is 0.119 e. The maximum Gasteiger partial charge on any atom is 0.119 e. The van der Waals surface area contributed by atoms with Gasteiger partial charge in [-0.15, -0.1) is 11.8 Å².